The molecule has 0 aromatic heterocycles. The fraction of sp³-hybridized carbons (Fsp3) is 0.889. The Morgan fingerprint density at radius 2 is 1.48 bits per heavy atom. The maximum absolute atomic E-state index is 12.0. The van der Waals surface area contributed by atoms with Crippen molar-refractivity contribution in [3.8, 4) is 0 Å². The number of carboxylic acids is 1. The minimum atomic E-state index is -0.971. The molecule has 0 spiro atoms. The van der Waals surface area contributed by atoms with E-state index in [4.69, 9.17) is 4.74 Å². The highest BCUT2D eigenvalue weighted by atomic mass is 16.6. The van der Waals surface area contributed by atoms with Gasteiger partial charge in [-0.2, -0.15) is 0 Å². The lowest BCUT2D eigenvalue weighted by Gasteiger charge is -2.28. The van der Waals surface area contributed by atoms with Gasteiger partial charge in [-0.3, -0.25) is 4.90 Å². The monoisotopic (exact) mass is 329 g/mol. The van der Waals surface area contributed by atoms with Gasteiger partial charge in [0.05, 0.1) is 0 Å². The maximum atomic E-state index is 12.0. The Labute approximate surface area is 141 Å². The molecule has 0 aliphatic heterocycles. The van der Waals surface area contributed by atoms with E-state index in [1.54, 1.807) is 20.8 Å². The van der Waals surface area contributed by atoms with E-state index in [2.05, 4.69) is 6.92 Å². The first kappa shape index (κ1) is 21.7. The SMILES string of the molecule is CCCCCCCCCC[C@H](C(=O)O)N(C)C(=O)OC(C)(C)C. The van der Waals surface area contributed by atoms with Gasteiger partial charge in [-0.1, -0.05) is 58.3 Å². The summed E-state index contributed by atoms with van der Waals surface area (Å²) in [5.41, 5.74) is -0.618. The van der Waals surface area contributed by atoms with Crippen LogP contribution in [0.3, 0.4) is 0 Å². The second kappa shape index (κ2) is 11.3. The lowest BCUT2D eigenvalue weighted by Crippen LogP contribution is -2.44. The molecule has 0 aliphatic carbocycles. The smallest absolute Gasteiger partial charge is 0.410 e. The molecule has 0 radical (unpaired) electrons. The molecular formula is C18H35NO4. The Kier molecular flexibility index (Phi) is 10.7. The summed E-state index contributed by atoms with van der Waals surface area (Å²) in [6.07, 6.45) is 9.15. The van der Waals surface area contributed by atoms with Crippen molar-refractivity contribution in [1.82, 2.24) is 4.90 Å². The fourth-order valence-electron chi connectivity index (χ4n) is 2.42. The minimum Gasteiger partial charge on any atom is -0.480 e. The maximum Gasteiger partial charge on any atom is 0.410 e. The average Bonchev–Trinajstić information content (AvgIpc) is 2.42. The van der Waals surface area contributed by atoms with Crippen LogP contribution in [0.2, 0.25) is 0 Å². The molecule has 0 aromatic carbocycles. The molecule has 0 fully saturated rings. The van der Waals surface area contributed by atoms with Crippen molar-refractivity contribution in [1.29, 1.82) is 0 Å². The van der Waals surface area contributed by atoms with Crippen LogP contribution in [0.15, 0.2) is 0 Å². The summed E-state index contributed by atoms with van der Waals surface area (Å²) >= 11 is 0. The quantitative estimate of drug-likeness (QED) is 0.551. The first-order valence-corrected chi connectivity index (χ1v) is 8.87. The molecule has 0 unspecified atom stereocenters. The Balaban J connectivity index is 4.12. The highest BCUT2D eigenvalue weighted by molar-refractivity contribution is 5.79. The van der Waals surface area contributed by atoms with Crippen molar-refractivity contribution in [3.63, 3.8) is 0 Å². The molecule has 1 N–H and O–H groups in total. The van der Waals surface area contributed by atoms with Gasteiger partial charge in [0.2, 0.25) is 0 Å². The number of rotatable bonds is 11. The zero-order valence-corrected chi connectivity index (χ0v) is 15.6. The van der Waals surface area contributed by atoms with Gasteiger partial charge in [0.25, 0.3) is 0 Å². The summed E-state index contributed by atoms with van der Waals surface area (Å²) in [4.78, 5) is 24.6. The molecule has 0 heterocycles. The summed E-state index contributed by atoms with van der Waals surface area (Å²) in [5, 5.41) is 9.34. The number of amides is 1. The van der Waals surface area contributed by atoms with Crippen molar-refractivity contribution in [3.05, 3.63) is 0 Å². The molecule has 0 saturated carbocycles. The van der Waals surface area contributed by atoms with E-state index in [1.807, 2.05) is 0 Å². The Morgan fingerprint density at radius 1 is 1.00 bits per heavy atom. The minimum absolute atomic E-state index is 0.472. The highest BCUT2D eigenvalue weighted by Crippen LogP contribution is 2.16. The van der Waals surface area contributed by atoms with Crippen LogP contribution in [-0.4, -0.2) is 40.8 Å². The molecule has 0 rings (SSSR count). The molecule has 0 bridgehead atoms. The zero-order valence-electron chi connectivity index (χ0n) is 15.6. The van der Waals surface area contributed by atoms with Crippen molar-refractivity contribution in [2.75, 3.05) is 7.05 Å². The van der Waals surface area contributed by atoms with E-state index < -0.39 is 23.7 Å². The average molecular weight is 329 g/mol. The van der Waals surface area contributed by atoms with Gasteiger partial charge in [-0.15, -0.1) is 0 Å². The number of carbonyl (C=O) groups excluding carboxylic acids is 1. The number of nitrogens with zero attached hydrogens (tertiary/aromatic N) is 1. The molecule has 5 nitrogen and oxygen atoms in total. The Bertz CT molecular complexity index is 349. The van der Waals surface area contributed by atoms with Gasteiger partial charge in [0.1, 0.15) is 11.6 Å². The van der Waals surface area contributed by atoms with Gasteiger partial charge < -0.3 is 9.84 Å². The molecule has 136 valence electrons. The number of ether oxygens (including phenoxy) is 1. The fourth-order valence-corrected chi connectivity index (χ4v) is 2.42. The van der Waals surface area contributed by atoms with Crippen molar-refractivity contribution < 1.29 is 19.4 Å². The highest BCUT2D eigenvalue weighted by Gasteiger charge is 2.29. The third-order valence-electron chi connectivity index (χ3n) is 3.77. The van der Waals surface area contributed by atoms with Crippen LogP contribution in [0.1, 0.15) is 85.5 Å². The summed E-state index contributed by atoms with van der Waals surface area (Å²) < 4.78 is 5.24. The molecular weight excluding hydrogens is 294 g/mol. The van der Waals surface area contributed by atoms with Gasteiger partial charge in [-0.05, 0) is 27.2 Å². The number of carboxylic acid groups (broad SMARTS) is 1. The van der Waals surface area contributed by atoms with E-state index in [0.717, 1.165) is 19.3 Å². The van der Waals surface area contributed by atoms with Crippen LogP contribution in [-0.2, 0) is 9.53 Å². The molecule has 0 aromatic rings. The van der Waals surface area contributed by atoms with Crippen LogP contribution in [0.25, 0.3) is 0 Å². The molecule has 0 aliphatic rings. The van der Waals surface area contributed by atoms with Gasteiger partial charge in [0.15, 0.2) is 0 Å². The Morgan fingerprint density at radius 3 is 1.91 bits per heavy atom. The number of likely N-dealkylation sites (N-methyl/N-ethyl adjacent to an activating group) is 1. The van der Waals surface area contributed by atoms with E-state index in [9.17, 15) is 14.7 Å². The second-order valence-electron chi connectivity index (χ2n) is 7.21. The summed E-state index contributed by atoms with van der Waals surface area (Å²) in [6, 6.07) is -0.815. The first-order chi connectivity index (χ1) is 10.7. The van der Waals surface area contributed by atoms with E-state index in [0.29, 0.717) is 6.42 Å². The number of carbonyl (C=O) groups is 2. The molecule has 1 atom stereocenters. The molecule has 0 saturated heterocycles. The van der Waals surface area contributed by atoms with Crippen LogP contribution < -0.4 is 0 Å². The van der Waals surface area contributed by atoms with Crippen molar-refractivity contribution in [2.24, 2.45) is 0 Å². The Hall–Kier alpha value is -1.26. The third-order valence-corrected chi connectivity index (χ3v) is 3.77. The molecule has 23 heavy (non-hydrogen) atoms. The van der Waals surface area contributed by atoms with Gasteiger partial charge in [-0.25, -0.2) is 9.59 Å². The van der Waals surface area contributed by atoms with Crippen LogP contribution in [0.5, 0.6) is 0 Å². The summed E-state index contributed by atoms with van der Waals surface area (Å²) in [5.74, 6) is -0.971. The predicted octanol–water partition coefficient (Wildman–Crippen LogP) is 4.84. The topological polar surface area (TPSA) is 66.8 Å². The van der Waals surface area contributed by atoms with Crippen molar-refractivity contribution in [2.45, 2.75) is 97.1 Å². The largest absolute Gasteiger partial charge is 0.480 e. The molecule has 5 heteroatoms. The third kappa shape index (κ3) is 11.0. The van der Waals surface area contributed by atoms with Gasteiger partial charge >= 0.3 is 12.1 Å². The predicted molar refractivity (Wildman–Crippen MR) is 92.6 cm³/mol. The standard InChI is InChI=1S/C18H35NO4/c1-6-7-8-9-10-11-12-13-14-15(16(20)21)19(5)17(22)23-18(2,3)4/h15H,6-14H2,1-5H3,(H,20,21)/t15-/m1/s1. The number of hydrogen-bond donors (Lipinski definition) is 1. The van der Waals surface area contributed by atoms with E-state index in [-0.39, 0.29) is 0 Å². The normalized spacial score (nSPS) is 12.7. The lowest BCUT2D eigenvalue weighted by molar-refractivity contribution is -0.143. The number of aliphatic carboxylic acids is 1. The summed E-state index contributed by atoms with van der Waals surface area (Å²) in [6.45, 7) is 7.51. The van der Waals surface area contributed by atoms with E-state index in [1.165, 1.54) is 44.1 Å². The van der Waals surface area contributed by atoms with Crippen LogP contribution in [0.4, 0.5) is 4.79 Å². The van der Waals surface area contributed by atoms with Crippen LogP contribution in [0, 0.1) is 0 Å². The zero-order chi connectivity index (χ0) is 17.9. The van der Waals surface area contributed by atoms with E-state index >= 15 is 0 Å². The van der Waals surface area contributed by atoms with Crippen LogP contribution >= 0.6 is 0 Å². The number of hydrogen-bond acceptors (Lipinski definition) is 3. The first-order valence-electron chi connectivity index (χ1n) is 8.87. The number of unbranched alkanes of at least 4 members (excludes halogenated alkanes) is 7. The van der Waals surface area contributed by atoms with Crippen molar-refractivity contribution >= 4 is 12.1 Å². The van der Waals surface area contributed by atoms with Gasteiger partial charge in [0, 0.05) is 7.05 Å². The summed E-state index contributed by atoms with van der Waals surface area (Å²) in [7, 11) is 1.50. The second-order valence-corrected chi connectivity index (χ2v) is 7.21. The lowest BCUT2D eigenvalue weighted by atomic mass is 10.0. The molecule has 1 amide bonds.